The van der Waals surface area contributed by atoms with Gasteiger partial charge in [0.2, 0.25) is 15.9 Å². The summed E-state index contributed by atoms with van der Waals surface area (Å²) in [5.74, 6) is -0.973. The molecule has 31 heavy (non-hydrogen) atoms. The van der Waals surface area contributed by atoms with Crippen LogP contribution in [0, 0.1) is 11.7 Å². The molecular weight excluding hydrogens is 441 g/mol. The molecule has 1 aliphatic rings. The van der Waals surface area contributed by atoms with Crippen LogP contribution in [-0.4, -0.2) is 50.7 Å². The molecule has 9 heteroatoms. The fraction of sp³-hybridized carbons (Fsp3) is 0.409. The van der Waals surface area contributed by atoms with Crippen LogP contribution in [-0.2, 0) is 27.9 Å². The molecule has 0 radical (unpaired) electrons. The monoisotopic (exact) mass is 467 g/mol. The predicted molar refractivity (Wildman–Crippen MR) is 119 cm³/mol. The maximum absolute atomic E-state index is 13.3. The quantitative estimate of drug-likeness (QED) is 0.678. The predicted octanol–water partition coefficient (Wildman–Crippen LogP) is 3.26. The molecule has 1 heterocycles. The van der Waals surface area contributed by atoms with Crippen LogP contribution in [0.15, 0.2) is 47.4 Å². The highest BCUT2D eigenvalue weighted by Gasteiger charge is 2.32. The number of rotatable bonds is 7. The number of hydrogen-bond acceptors (Lipinski definition) is 4. The third-order valence-corrected chi connectivity index (χ3v) is 7.53. The van der Waals surface area contributed by atoms with E-state index in [-0.39, 0.29) is 34.8 Å². The van der Waals surface area contributed by atoms with Gasteiger partial charge in [0, 0.05) is 32.1 Å². The number of halogens is 2. The summed E-state index contributed by atoms with van der Waals surface area (Å²) in [4.78, 5) is 14.6. The Labute approximate surface area is 188 Å². The molecule has 0 saturated carbocycles. The number of sulfonamides is 1. The van der Waals surface area contributed by atoms with Gasteiger partial charge in [0.05, 0.1) is 9.92 Å². The Morgan fingerprint density at radius 2 is 1.74 bits per heavy atom. The molecule has 3 rings (SSSR count). The first-order valence-electron chi connectivity index (χ1n) is 10.1. The molecule has 2 aromatic carbocycles. The van der Waals surface area contributed by atoms with E-state index in [1.54, 1.807) is 0 Å². The Balaban J connectivity index is 1.52. The maximum atomic E-state index is 13.3. The van der Waals surface area contributed by atoms with E-state index in [9.17, 15) is 17.6 Å². The number of carbonyl (C=O) groups excluding carboxylic acids is 1. The average Bonchev–Trinajstić information content (AvgIpc) is 2.74. The van der Waals surface area contributed by atoms with Crippen LogP contribution in [0.25, 0.3) is 0 Å². The molecule has 1 saturated heterocycles. The minimum Gasteiger partial charge on any atom is -0.352 e. The van der Waals surface area contributed by atoms with E-state index in [0.29, 0.717) is 19.4 Å². The van der Waals surface area contributed by atoms with Crippen molar-refractivity contribution in [1.29, 1.82) is 0 Å². The molecule has 2 aromatic rings. The van der Waals surface area contributed by atoms with Crippen LogP contribution in [0.2, 0.25) is 5.02 Å². The van der Waals surface area contributed by atoms with E-state index in [2.05, 4.69) is 10.2 Å². The van der Waals surface area contributed by atoms with Gasteiger partial charge in [-0.3, -0.25) is 4.79 Å². The van der Waals surface area contributed by atoms with Crippen LogP contribution in [0.4, 0.5) is 4.39 Å². The van der Waals surface area contributed by atoms with E-state index >= 15 is 0 Å². The van der Waals surface area contributed by atoms with Crippen LogP contribution >= 0.6 is 11.6 Å². The molecule has 0 unspecified atom stereocenters. The zero-order chi connectivity index (χ0) is 22.6. The number of nitrogens with zero attached hydrogens (tertiary/aromatic N) is 2. The first-order chi connectivity index (χ1) is 14.7. The van der Waals surface area contributed by atoms with Gasteiger partial charge in [0.25, 0.3) is 0 Å². The van der Waals surface area contributed by atoms with Gasteiger partial charge < -0.3 is 10.2 Å². The third kappa shape index (κ3) is 6.04. The van der Waals surface area contributed by atoms with E-state index < -0.39 is 15.8 Å². The number of amides is 1. The Hall–Kier alpha value is -2.00. The number of carbonyl (C=O) groups is 1. The summed E-state index contributed by atoms with van der Waals surface area (Å²) < 4.78 is 40.2. The molecule has 0 spiro atoms. The smallest absolute Gasteiger partial charge is 0.243 e. The zero-order valence-corrected chi connectivity index (χ0v) is 19.2. The summed E-state index contributed by atoms with van der Waals surface area (Å²) >= 11 is 5.73. The summed E-state index contributed by atoms with van der Waals surface area (Å²) in [6.07, 6.45) is 0.865. The molecular formula is C22H27ClFN3O3S. The minimum absolute atomic E-state index is 0.0421. The second kappa shape index (κ2) is 10.1. The van der Waals surface area contributed by atoms with E-state index in [1.165, 1.54) is 15.9 Å². The van der Waals surface area contributed by atoms with Crippen LogP contribution in [0.5, 0.6) is 0 Å². The van der Waals surface area contributed by atoms with Gasteiger partial charge in [0.1, 0.15) is 5.82 Å². The number of benzene rings is 2. The maximum Gasteiger partial charge on any atom is 0.243 e. The molecule has 1 aliphatic heterocycles. The van der Waals surface area contributed by atoms with Crippen molar-refractivity contribution in [2.75, 3.05) is 27.2 Å². The van der Waals surface area contributed by atoms with Gasteiger partial charge in [-0.2, -0.15) is 4.31 Å². The van der Waals surface area contributed by atoms with E-state index in [4.69, 9.17) is 11.6 Å². The molecule has 168 valence electrons. The van der Waals surface area contributed by atoms with Crippen molar-refractivity contribution in [3.05, 3.63) is 64.4 Å². The standard InChI is InChI=1S/C22H27ClFN3O3S/c1-26(2)15-17-5-3-16(4-6-17)14-25-22(28)18-9-11-27(12-10-18)31(29,30)19-7-8-21(24)20(23)13-19/h3-8,13,18H,9-12,14-15H2,1-2H3,(H,25,28). The van der Waals surface area contributed by atoms with Crippen molar-refractivity contribution in [3.63, 3.8) is 0 Å². The van der Waals surface area contributed by atoms with Gasteiger partial charge in [-0.05, 0) is 56.3 Å². The van der Waals surface area contributed by atoms with Crippen molar-refractivity contribution in [2.45, 2.75) is 30.8 Å². The van der Waals surface area contributed by atoms with Crippen molar-refractivity contribution in [3.8, 4) is 0 Å². The largest absolute Gasteiger partial charge is 0.352 e. The lowest BCUT2D eigenvalue weighted by Gasteiger charge is -2.30. The lowest BCUT2D eigenvalue weighted by Crippen LogP contribution is -2.42. The van der Waals surface area contributed by atoms with Gasteiger partial charge in [-0.15, -0.1) is 0 Å². The Bertz CT molecular complexity index is 1020. The number of nitrogens with one attached hydrogen (secondary N) is 1. The average molecular weight is 468 g/mol. The highest BCUT2D eigenvalue weighted by atomic mass is 35.5. The van der Waals surface area contributed by atoms with Gasteiger partial charge >= 0.3 is 0 Å². The number of piperidine rings is 1. The molecule has 1 amide bonds. The Morgan fingerprint density at radius 1 is 1.13 bits per heavy atom. The van der Waals surface area contributed by atoms with Crippen molar-refractivity contribution < 1.29 is 17.6 Å². The normalized spacial score (nSPS) is 15.9. The Kier molecular flexibility index (Phi) is 7.69. The van der Waals surface area contributed by atoms with Crippen LogP contribution in [0.1, 0.15) is 24.0 Å². The Morgan fingerprint density at radius 3 is 2.32 bits per heavy atom. The van der Waals surface area contributed by atoms with E-state index in [1.807, 2.05) is 38.4 Å². The fourth-order valence-corrected chi connectivity index (χ4v) is 5.35. The molecule has 0 aliphatic carbocycles. The molecule has 1 fully saturated rings. The van der Waals surface area contributed by atoms with Crippen LogP contribution in [0.3, 0.4) is 0 Å². The second-order valence-electron chi connectivity index (χ2n) is 8.03. The lowest BCUT2D eigenvalue weighted by atomic mass is 9.97. The first-order valence-corrected chi connectivity index (χ1v) is 11.9. The highest BCUT2D eigenvalue weighted by molar-refractivity contribution is 7.89. The van der Waals surface area contributed by atoms with Crippen LogP contribution < -0.4 is 5.32 Å². The summed E-state index contributed by atoms with van der Waals surface area (Å²) in [5, 5.41) is 2.72. The van der Waals surface area contributed by atoms with Gasteiger partial charge in [0.15, 0.2) is 0 Å². The molecule has 6 nitrogen and oxygen atoms in total. The topological polar surface area (TPSA) is 69.7 Å². The summed E-state index contributed by atoms with van der Waals surface area (Å²) in [7, 11) is 0.255. The molecule has 0 aromatic heterocycles. The van der Waals surface area contributed by atoms with Crippen molar-refractivity contribution in [1.82, 2.24) is 14.5 Å². The first kappa shape index (κ1) is 23.7. The molecule has 0 bridgehead atoms. The zero-order valence-electron chi connectivity index (χ0n) is 17.6. The van der Waals surface area contributed by atoms with Gasteiger partial charge in [-0.25, -0.2) is 12.8 Å². The van der Waals surface area contributed by atoms with Crippen molar-refractivity contribution in [2.24, 2.45) is 5.92 Å². The second-order valence-corrected chi connectivity index (χ2v) is 10.4. The molecule has 1 N–H and O–H groups in total. The SMILES string of the molecule is CN(C)Cc1ccc(CNC(=O)C2CCN(S(=O)(=O)c3ccc(F)c(Cl)c3)CC2)cc1. The van der Waals surface area contributed by atoms with Gasteiger partial charge in [-0.1, -0.05) is 35.9 Å². The van der Waals surface area contributed by atoms with E-state index in [0.717, 1.165) is 24.2 Å². The summed E-state index contributed by atoms with van der Waals surface area (Å²) in [6.45, 7) is 1.76. The molecule has 0 atom stereocenters. The summed E-state index contributed by atoms with van der Waals surface area (Å²) in [5.41, 5.74) is 2.22. The summed E-state index contributed by atoms with van der Waals surface area (Å²) in [6, 6.07) is 11.5. The number of hydrogen-bond donors (Lipinski definition) is 1. The third-order valence-electron chi connectivity index (χ3n) is 5.34. The van der Waals surface area contributed by atoms with Crippen molar-refractivity contribution >= 4 is 27.5 Å². The highest BCUT2D eigenvalue weighted by Crippen LogP contribution is 2.26. The fourth-order valence-electron chi connectivity index (χ4n) is 3.61. The minimum atomic E-state index is -3.77. The lowest BCUT2D eigenvalue weighted by molar-refractivity contribution is -0.126.